The molecule has 0 heterocycles. The first-order valence-corrected chi connectivity index (χ1v) is 12.2. The van der Waals surface area contributed by atoms with E-state index in [2.05, 4.69) is 46.8 Å². The molecule has 3 saturated carbocycles. The molecule has 0 unspecified atom stereocenters. The van der Waals surface area contributed by atoms with Gasteiger partial charge in [-0.05, 0) is 99.7 Å². The third-order valence-corrected chi connectivity index (χ3v) is 9.77. The Labute approximate surface area is 178 Å². The van der Waals surface area contributed by atoms with Gasteiger partial charge in [0.15, 0.2) is 0 Å². The average Bonchev–Trinajstić information content (AvgIpc) is 2.93. The Hall–Kier alpha value is -0.890. The van der Waals surface area contributed by atoms with E-state index in [1.165, 1.54) is 30.4 Å². The first-order chi connectivity index (χ1) is 13.7. The molecule has 2 nitrogen and oxygen atoms in total. The zero-order chi connectivity index (χ0) is 21.0. The molecular weight excluding hydrogens is 356 g/mol. The molecule has 8 atom stereocenters. The van der Waals surface area contributed by atoms with Gasteiger partial charge in [0.25, 0.3) is 0 Å². The second-order valence-corrected chi connectivity index (χ2v) is 11.7. The number of aliphatic hydroxyl groups is 1. The molecule has 0 saturated heterocycles. The van der Waals surface area contributed by atoms with E-state index >= 15 is 0 Å². The van der Waals surface area contributed by atoms with Crippen LogP contribution in [-0.2, 0) is 4.79 Å². The predicted octanol–water partition coefficient (Wildman–Crippen LogP) is 6.49. The maximum atomic E-state index is 13.4. The van der Waals surface area contributed by atoms with Gasteiger partial charge in [-0.15, -0.1) is 0 Å². The molecule has 0 spiro atoms. The fourth-order valence-electron chi connectivity index (χ4n) is 8.17. The van der Waals surface area contributed by atoms with Crippen molar-refractivity contribution in [2.24, 2.45) is 40.4 Å². The van der Waals surface area contributed by atoms with E-state index in [1.807, 2.05) is 0 Å². The van der Waals surface area contributed by atoms with E-state index in [4.69, 9.17) is 0 Å². The lowest BCUT2D eigenvalue weighted by Gasteiger charge is -2.57. The van der Waals surface area contributed by atoms with Crippen LogP contribution in [0.5, 0.6) is 0 Å². The predicted molar refractivity (Wildman–Crippen MR) is 119 cm³/mol. The summed E-state index contributed by atoms with van der Waals surface area (Å²) in [6, 6.07) is 0. The Kier molecular flexibility index (Phi) is 5.64. The first-order valence-electron chi connectivity index (χ1n) is 12.2. The van der Waals surface area contributed by atoms with Crippen LogP contribution in [0.4, 0.5) is 0 Å². The van der Waals surface area contributed by atoms with Gasteiger partial charge in [-0.2, -0.15) is 0 Å². The maximum absolute atomic E-state index is 13.4. The fraction of sp³-hybridized carbons (Fsp3) is 0.815. The van der Waals surface area contributed by atoms with Gasteiger partial charge in [-0.3, -0.25) is 4.79 Å². The summed E-state index contributed by atoms with van der Waals surface area (Å²) < 4.78 is 0. The van der Waals surface area contributed by atoms with E-state index in [0.717, 1.165) is 38.5 Å². The molecule has 0 aromatic rings. The summed E-state index contributed by atoms with van der Waals surface area (Å²) in [5, 5.41) is 10.2. The monoisotopic (exact) mass is 398 g/mol. The van der Waals surface area contributed by atoms with Gasteiger partial charge in [-0.25, -0.2) is 0 Å². The van der Waals surface area contributed by atoms with Crippen molar-refractivity contribution in [2.45, 2.75) is 98.5 Å². The van der Waals surface area contributed by atoms with Crippen molar-refractivity contribution < 1.29 is 9.90 Å². The highest BCUT2D eigenvalue weighted by Crippen LogP contribution is 2.66. The first kappa shape index (κ1) is 21.3. The lowest BCUT2D eigenvalue weighted by Crippen LogP contribution is -2.52. The fourth-order valence-corrected chi connectivity index (χ4v) is 8.17. The molecule has 1 N–H and O–H groups in total. The Morgan fingerprint density at radius 3 is 2.72 bits per heavy atom. The van der Waals surface area contributed by atoms with Crippen molar-refractivity contribution in [1.82, 2.24) is 0 Å². The molecule has 0 aromatic carbocycles. The van der Waals surface area contributed by atoms with Gasteiger partial charge in [0.05, 0.1) is 6.10 Å². The van der Waals surface area contributed by atoms with Gasteiger partial charge in [0, 0.05) is 12.3 Å². The van der Waals surface area contributed by atoms with Crippen molar-refractivity contribution >= 4 is 5.78 Å². The second kappa shape index (κ2) is 7.66. The van der Waals surface area contributed by atoms with Crippen LogP contribution in [0.1, 0.15) is 92.4 Å². The molecule has 0 aromatic heterocycles. The maximum Gasteiger partial charge on any atom is 0.137 e. The molecule has 162 valence electrons. The summed E-state index contributed by atoms with van der Waals surface area (Å²) >= 11 is 0. The van der Waals surface area contributed by atoms with Crippen LogP contribution in [0.2, 0.25) is 0 Å². The molecule has 0 bridgehead atoms. The summed E-state index contributed by atoms with van der Waals surface area (Å²) in [7, 11) is 0. The van der Waals surface area contributed by atoms with Gasteiger partial charge in [0.1, 0.15) is 5.78 Å². The van der Waals surface area contributed by atoms with Crippen molar-refractivity contribution in [3.8, 4) is 0 Å². The standard InChI is InChI=1S/C27H42O2/c1-17(2)7-6-8-18(3)23-16-24(29)25-21-10-9-19-15-20(28)11-13-26(19,4)22(21)12-14-27(23,25)5/h7,9,18,20-23,25,28H,6,8,10-16H2,1-5H3/t18-,20-,21-,22+,23-,25-,26+,27-/m1/s1. The zero-order valence-electron chi connectivity index (χ0n) is 19.3. The van der Waals surface area contributed by atoms with Crippen LogP contribution >= 0.6 is 0 Å². The number of allylic oxidation sites excluding steroid dienone is 3. The average molecular weight is 399 g/mol. The zero-order valence-corrected chi connectivity index (χ0v) is 19.3. The summed E-state index contributed by atoms with van der Waals surface area (Å²) in [5.74, 6) is 3.17. The number of fused-ring (bicyclic) bond motifs is 5. The van der Waals surface area contributed by atoms with Crippen molar-refractivity contribution in [2.75, 3.05) is 0 Å². The number of ketones is 1. The van der Waals surface area contributed by atoms with Gasteiger partial charge in [-0.1, -0.05) is 44.1 Å². The minimum Gasteiger partial charge on any atom is -0.393 e. The molecule has 29 heavy (non-hydrogen) atoms. The molecule has 0 aliphatic heterocycles. The summed E-state index contributed by atoms with van der Waals surface area (Å²) in [6.45, 7) is 11.7. The Morgan fingerprint density at radius 2 is 2.00 bits per heavy atom. The highest BCUT2D eigenvalue weighted by Gasteiger charge is 2.62. The molecule has 4 aliphatic carbocycles. The Balaban J connectivity index is 1.57. The van der Waals surface area contributed by atoms with Crippen molar-refractivity contribution in [1.29, 1.82) is 0 Å². The molecule has 0 radical (unpaired) electrons. The van der Waals surface area contributed by atoms with Crippen LogP contribution < -0.4 is 0 Å². The number of Topliss-reactive ketones (excluding diaryl/α,β-unsaturated/α-hetero) is 1. The Bertz CT molecular complexity index is 714. The van der Waals surface area contributed by atoms with E-state index in [-0.39, 0.29) is 22.9 Å². The van der Waals surface area contributed by atoms with E-state index < -0.39 is 0 Å². The number of hydrogen-bond acceptors (Lipinski definition) is 2. The van der Waals surface area contributed by atoms with Crippen molar-refractivity contribution in [3.05, 3.63) is 23.3 Å². The van der Waals surface area contributed by atoms with Crippen LogP contribution in [0.15, 0.2) is 23.3 Å². The number of aliphatic hydroxyl groups excluding tert-OH is 1. The van der Waals surface area contributed by atoms with Gasteiger partial charge in [0.2, 0.25) is 0 Å². The molecular formula is C27H42O2. The highest BCUT2D eigenvalue weighted by atomic mass is 16.3. The lowest BCUT2D eigenvalue weighted by atomic mass is 9.47. The third-order valence-electron chi connectivity index (χ3n) is 9.77. The summed E-state index contributed by atoms with van der Waals surface area (Å²) in [4.78, 5) is 13.4. The van der Waals surface area contributed by atoms with Gasteiger partial charge < -0.3 is 5.11 Å². The normalized spacial score (nSPS) is 45.0. The number of carbonyl (C=O) groups is 1. The lowest BCUT2D eigenvalue weighted by molar-refractivity contribution is -0.130. The molecule has 0 amide bonds. The quantitative estimate of drug-likeness (QED) is 0.550. The molecule has 4 aliphatic rings. The summed E-state index contributed by atoms with van der Waals surface area (Å²) in [5.41, 5.74) is 3.31. The minimum absolute atomic E-state index is 0.154. The molecule has 2 heteroatoms. The number of carbonyl (C=O) groups excluding carboxylic acids is 1. The van der Waals surface area contributed by atoms with E-state index in [0.29, 0.717) is 29.5 Å². The number of hydrogen-bond donors (Lipinski definition) is 1. The smallest absolute Gasteiger partial charge is 0.137 e. The van der Waals surface area contributed by atoms with E-state index in [9.17, 15) is 9.90 Å². The van der Waals surface area contributed by atoms with Crippen LogP contribution in [0.3, 0.4) is 0 Å². The largest absolute Gasteiger partial charge is 0.393 e. The second-order valence-electron chi connectivity index (χ2n) is 11.7. The SMILES string of the molecule is CC(C)=CCC[C@@H](C)[C@H]1CC(=O)[C@H]2[C@@H]3CC=C4C[C@H](O)CC[C@]4(C)[C@H]3CC[C@]12C. The number of rotatable bonds is 4. The third kappa shape index (κ3) is 3.48. The van der Waals surface area contributed by atoms with Gasteiger partial charge >= 0.3 is 0 Å². The molecule has 3 fully saturated rings. The minimum atomic E-state index is -0.154. The Morgan fingerprint density at radius 1 is 1.24 bits per heavy atom. The van der Waals surface area contributed by atoms with Crippen LogP contribution in [0.25, 0.3) is 0 Å². The highest BCUT2D eigenvalue weighted by molar-refractivity contribution is 5.85. The van der Waals surface area contributed by atoms with Crippen LogP contribution in [-0.4, -0.2) is 17.0 Å². The summed E-state index contributed by atoms with van der Waals surface area (Å²) in [6.07, 6.45) is 14.2. The van der Waals surface area contributed by atoms with E-state index in [1.54, 1.807) is 0 Å². The van der Waals surface area contributed by atoms with Crippen LogP contribution in [0, 0.1) is 40.4 Å². The van der Waals surface area contributed by atoms with Crippen molar-refractivity contribution in [3.63, 3.8) is 0 Å². The molecule has 4 rings (SSSR count). The topological polar surface area (TPSA) is 37.3 Å².